The Morgan fingerprint density at radius 2 is 2.17 bits per heavy atom. The first-order chi connectivity index (χ1) is 11.1. The zero-order chi connectivity index (χ0) is 16.4. The fraction of sp³-hybridized carbons (Fsp3) is 0.125. The van der Waals surface area contributed by atoms with Crippen LogP contribution < -0.4 is 15.6 Å². The molecule has 0 amide bonds. The Hall–Kier alpha value is -2.57. The average molecular weight is 332 g/mol. The number of nitrogens with one attached hydrogen (secondary N) is 1. The zero-order valence-electron chi connectivity index (χ0n) is 12.3. The standard InChI is InChI=1S/C16H14ClN3O3/c1-23-12-5-6-14-19-15(13(9-21)16(22)20(14)8-12)18-11-4-2-3-10(17)7-11/h2-8,18,21H,9H2,1H3. The third kappa shape index (κ3) is 2.99. The van der Waals surface area contributed by atoms with Crippen LogP contribution in [-0.2, 0) is 6.61 Å². The van der Waals surface area contributed by atoms with Crippen molar-refractivity contribution in [3.63, 3.8) is 0 Å². The molecule has 0 aliphatic carbocycles. The van der Waals surface area contributed by atoms with Crippen molar-refractivity contribution in [2.24, 2.45) is 0 Å². The molecule has 2 heterocycles. The SMILES string of the molecule is COc1ccc2nc(Nc3cccc(Cl)c3)c(CO)c(=O)n2c1. The van der Waals surface area contributed by atoms with Crippen LogP contribution in [0.2, 0.25) is 5.02 Å². The van der Waals surface area contributed by atoms with Crippen LogP contribution in [0.15, 0.2) is 47.4 Å². The van der Waals surface area contributed by atoms with Crippen molar-refractivity contribution in [1.29, 1.82) is 0 Å². The quantitative estimate of drug-likeness (QED) is 0.768. The van der Waals surface area contributed by atoms with E-state index in [-0.39, 0.29) is 11.1 Å². The highest BCUT2D eigenvalue weighted by atomic mass is 35.5. The fourth-order valence-corrected chi connectivity index (χ4v) is 2.42. The van der Waals surface area contributed by atoms with Crippen molar-refractivity contribution < 1.29 is 9.84 Å². The number of rotatable bonds is 4. The Morgan fingerprint density at radius 1 is 1.35 bits per heavy atom. The number of aliphatic hydroxyl groups excluding tert-OH is 1. The summed E-state index contributed by atoms with van der Waals surface area (Å²) in [5.74, 6) is 0.825. The Labute approximate surface area is 136 Å². The number of halogens is 1. The van der Waals surface area contributed by atoms with Gasteiger partial charge in [0.1, 0.15) is 17.2 Å². The van der Waals surface area contributed by atoms with Gasteiger partial charge in [0, 0.05) is 10.7 Å². The first kappa shape index (κ1) is 15.3. The summed E-state index contributed by atoms with van der Waals surface area (Å²) in [5, 5.41) is 13.2. The van der Waals surface area contributed by atoms with E-state index in [0.29, 0.717) is 27.9 Å². The number of benzene rings is 1. The number of anilines is 2. The van der Waals surface area contributed by atoms with Crippen LogP contribution >= 0.6 is 11.6 Å². The second kappa shape index (κ2) is 6.28. The smallest absolute Gasteiger partial charge is 0.265 e. The molecule has 2 aromatic heterocycles. The van der Waals surface area contributed by atoms with Crippen LogP contribution in [-0.4, -0.2) is 21.6 Å². The third-order valence-corrected chi connectivity index (χ3v) is 3.61. The highest BCUT2D eigenvalue weighted by Crippen LogP contribution is 2.21. The van der Waals surface area contributed by atoms with Crippen LogP contribution in [0, 0.1) is 0 Å². The molecule has 118 valence electrons. The van der Waals surface area contributed by atoms with Gasteiger partial charge in [0.2, 0.25) is 0 Å². The van der Waals surface area contributed by atoms with Gasteiger partial charge in [-0.3, -0.25) is 9.20 Å². The number of pyridine rings is 1. The Morgan fingerprint density at radius 3 is 2.87 bits per heavy atom. The molecule has 6 nitrogen and oxygen atoms in total. The van der Waals surface area contributed by atoms with Crippen molar-refractivity contribution in [2.75, 3.05) is 12.4 Å². The van der Waals surface area contributed by atoms with Crippen LogP contribution in [0.3, 0.4) is 0 Å². The van der Waals surface area contributed by atoms with E-state index in [4.69, 9.17) is 16.3 Å². The summed E-state index contributed by atoms with van der Waals surface area (Å²) in [6.07, 6.45) is 1.53. The van der Waals surface area contributed by atoms with E-state index in [1.54, 1.807) is 36.4 Å². The number of methoxy groups -OCH3 is 1. The van der Waals surface area contributed by atoms with Gasteiger partial charge in [-0.2, -0.15) is 0 Å². The van der Waals surface area contributed by atoms with Crippen molar-refractivity contribution in [3.8, 4) is 5.75 Å². The normalized spacial score (nSPS) is 10.7. The fourth-order valence-electron chi connectivity index (χ4n) is 2.23. The average Bonchev–Trinajstić information content (AvgIpc) is 2.55. The summed E-state index contributed by atoms with van der Waals surface area (Å²) in [7, 11) is 1.52. The number of aromatic nitrogens is 2. The summed E-state index contributed by atoms with van der Waals surface area (Å²) in [4.78, 5) is 16.9. The number of ether oxygens (including phenoxy) is 1. The molecule has 0 atom stereocenters. The molecule has 23 heavy (non-hydrogen) atoms. The van der Waals surface area contributed by atoms with Gasteiger partial charge in [-0.1, -0.05) is 17.7 Å². The number of nitrogens with zero attached hydrogens (tertiary/aromatic N) is 2. The minimum Gasteiger partial charge on any atom is -0.495 e. The predicted octanol–water partition coefficient (Wildman–Crippen LogP) is 2.59. The summed E-state index contributed by atoms with van der Waals surface area (Å²) in [5.41, 5.74) is 0.922. The lowest BCUT2D eigenvalue weighted by Gasteiger charge is -2.12. The van der Waals surface area contributed by atoms with E-state index in [0.717, 1.165) is 0 Å². The van der Waals surface area contributed by atoms with Crippen molar-refractivity contribution >= 4 is 28.8 Å². The molecular weight excluding hydrogens is 318 g/mol. The summed E-state index contributed by atoms with van der Waals surface area (Å²) in [6.45, 7) is -0.436. The Kier molecular flexibility index (Phi) is 4.18. The van der Waals surface area contributed by atoms with E-state index in [1.165, 1.54) is 17.7 Å². The molecule has 0 spiro atoms. The lowest BCUT2D eigenvalue weighted by molar-refractivity contribution is 0.280. The maximum atomic E-state index is 12.5. The minimum atomic E-state index is -0.436. The predicted molar refractivity (Wildman–Crippen MR) is 88.7 cm³/mol. The second-order valence-electron chi connectivity index (χ2n) is 4.83. The molecule has 1 aromatic carbocycles. The lowest BCUT2D eigenvalue weighted by atomic mass is 10.2. The summed E-state index contributed by atoms with van der Waals surface area (Å²) in [6, 6.07) is 10.4. The second-order valence-corrected chi connectivity index (χ2v) is 5.27. The molecule has 0 aliphatic rings. The van der Waals surface area contributed by atoms with Gasteiger partial charge >= 0.3 is 0 Å². The van der Waals surface area contributed by atoms with E-state index in [1.807, 2.05) is 0 Å². The first-order valence-electron chi connectivity index (χ1n) is 6.85. The Balaban J connectivity index is 2.15. The van der Waals surface area contributed by atoms with Gasteiger partial charge in [0.05, 0.1) is 25.5 Å². The molecule has 0 saturated carbocycles. The molecular formula is C16H14ClN3O3. The van der Waals surface area contributed by atoms with Crippen molar-refractivity contribution in [3.05, 3.63) is 63.5 Å². The maximum absolute atomic E-state index is 12.5. The van der Waals surface area contributed by atoms with Gasteiger partial charge in [-0.15, -0.1) is 0 Å². The lowest BCUT2D eigenvalue weighted by Crippen LogP contribution is -2.22. The third-order valence-electron chi connectivity index (χ3n) is 3.37. The van der Waals surface area contributed by atoms with Crippen LogP contribution in [0.5, 0.6) is 5.75 Å². The van der Waals surface area contributed by atoms with Gasteiger partial charge in [-0.05, 0) is 30.3 Å². The maximum Gasteiger partial charge on any atom is 0.265 e. The number of fused-ring (bicyclic) bond motifs is 1. The number of aliphatic hydroxyl groups is 1. The van der Waals surface area contributed by atoms with Crippen LogP contribution in [0.4, 0.5) is 11.5 Å². The highest BCUT2D eigenvalue weighted by molar-refractivity contribution is 6.30. The van der Waals surface area contributed by atoms with Gasteiger partial charge in [-0.25, -0.2) is 4.98 Å². The monoisotopic (exact) mass is 331 g/mol. The molecule has 0 saturated heterocycles. The number of hydrogen-bond acceptors (Lipinski definition) is 5. The molecule has 0 aliphatic heterocycles. The molecule has 0 fully saturated rings. The highest BCUT2D eigenvalue weighted by Gasteiger charge is 2.13. The summed E-state index contributed by atoms with van der Waals surface area (Å²) >= 11 is 5.95. The molecule has 0 bridgehead atoms. The van der Waals surface area contributed by atoms with Crippen LogP contribution in [0.1, 0.15) is 5.56 Å². The number of hydrogen-bond donors (Lipinski definition) is 2. The zero-order valence-corrected chi connectivity index (χ0v) is 13.0. The van der Waals surface area contributed by atoms with Crippen molar-refractivity contribution in [1.82, 2.24) is 9.38 Å². The molecule has 7 heteroatoms. The Bertz CT molecular complexity index is 924. The minimum absolute atomic E-state index is 0.163. The van der Waals surface area contributed by atoms with Crippen LogP contribution in [0.25, 0.3) is 5.65 Å². The van der Waals surface area contributed by atoms with Gasteiger partial charge in [0.15, 0.2) is 0 Å². The molecule has 2 N–H and O–H groups in total. The van der Waals surface area contributed by atoms with E-state index >= 15 is 0 Å². The molecule has 0 radical (unpaired) electrons. The van der Waals surface area contributed by atoms with Gasteiger partial charge in [0.25, 0.3) is 5.56 Å². The molecule has 3 rings (SSSR count). The molecule has 0 unspecified atom stereocenters. The van der Waals surface area contributed by atoms with E-state index < -0.39 is 6.61 Å². The first-order valence-corrected chi connectivity index (χ1v) is 7.23. The van der Waals surface area contributed by atoms with E-state index in [9.17, 15) is 9.90 Å². The largest absolute Gasteiger partial charge is 0.495 e. The summed E-state index contributed by atoms with van der Waals surface area (Å²) < 4.78 is 6.45. The van der Waals surface area contributed by atoms with E-state index in [2.05, 4.69) is 10.3 Å². The van der Waals surface area contributed by atoms with Gasteiger partial charge < -0.3 is 15.2 Å². The van der Waals surface area contributed by atoms with Crippen molar-refractivity contribution in [2.45, 2.75) is 6.61 Å². The topological polar surface area (TPSA) is 75.9 Å². The molecule has 3 aromatic rings.